The van der Waals surface area contributed by atoms with Crippen LogP contribution in [0.15, 0.2) is 79.0 Å². The van der Waals surface area contributed by atoms with Gasteiger partial charge >= 0.3 is 11.9 Å². The van der Waals surface area contributed by atoms with Crippen LogP contribution in [-0.2, 0) is 62.4 Å². The van der Waals surface area contributed by atoms with Gasteiger partial charge in [0.25, 0.3) is 0 Å². The molecule has 19 nitrogen and oxygen atoms in total. The van der Waals surface area contributed by atoms with Crippen molar-refractivity contribution < 1.29 is 53.4 Å². The molecule has 1 aromatic heterocycles. The second-order valence-electron chi connectivity index (χ2n) is 18.3. The summed E-state index contributed by atoms with van der Waals surface area (Å²) in [6.45, 7) is 8.25. The molecule has 70 heavy (non-hydrogen) atoms. The van der Waals surface area contributed by atoms with E-state index >= 15 is 0 Å². The molecule has 0 bridgehead atoms. The monoisotopic (exact) mass is 964 g/mol. The Bertz CT molecular complexity index is 2530. The summed E-state index contributed by atoms with van der Waals surface area (Å²) in [5.74, 6) is -10.2. The molecule has 1 heterocycles. The summed E-state index contributed by atoms with van der Waals surface area (Å²) in [5, 5.41) is 36.4. The second-order valence-corrected chi connectivity index (χ2v) is 18.3. The summed E-state index contributed by atoms with van der Waals surface area (Å²) < 4.78 is 0. The van der Waals surface area contributed by atoms with Crippen molar-refractivity contribution in [3.63, 3.8) is 0 Å². The van der Waals surface area contributed by atoms with Crippen LogP contribution in [-0.4, -0.2) is 105 Å². The lowest BCUT2D eigenvalue weighted by Gasteiger charge is -2.31. The highest BCUT2D eigenvalue weighted by Gasteiger charge is 2.39. The Labute approximate surface area is 405 Å². The van der Waals surface area contributed by atoms with E-state index < -0.39 is 121 Å². The van der Waals surface area contributed by atoms with Gasteiger partial charge in [-0.2, -0.15) is 0 Å². The Kier molecular flexibility index (Phi) is 18.8. The number of H-pyrrole nitrogens is 1. The highest BCUT2D eigenvalue weighted by atomic mass is 16.4. The molecule has 7 atom stereocenters. The average molecular weight is 965 g/mol. The minimum absolute atomic E-state index is 0.0246. The average Bonchev–Trinajstić information content (AvgIpc) is 3.64. The Morgan fingerprint density at radius 3 is 1.79 bits per heavy atom. The first kappa shape index (κ1) is 53.4. The molecule has 0 saturated heterocycles. The predicted molar refractivity (Wildman–Crippen MR) is 259 cm³/mol. The van der Waals surface area contributed by atoms with E-state index in [1.807, 2.05) is 66.7 Å². The fraction of sp³-hybridized carbons (Fsp3) is 0.431. The molecule has 4 aromatic rings. The number of benzene rings is 3. The number of aromatic amines is 1. The molecule has 1 aliphatic rings. The largest absolute Gasteiger partial charge is 0.481 e. The zero-order chi connectivity index (χ0) is 51.2. The smallest absolute Gasteiger partial charge is 0.326 e. The lowest BCUT2D eigenvalue weighted by molar-refractivity contribution is -0.142. The summed E-state index contributed by atoms with van der Waals surface area (Å²) in [6.07, 6.45) is 1.47. The lowest BCUT2D eigenvalue weighted by atomic mass is 9.82. The van der Waals surface area contributed by atoms with Gasteiger partial charge in [-0.05, 0) is 71.4 Å². The van der Waals surface area contributed by atoms with Crippen molar-refractivity contribution in [3.05, 3.63) is 107 Å². The molecule has 7 amide bonds. The fourth-order valence-electron chi connectivity index (χ4n) is 8.83. The van der Waals surface area contributed by atoms with E-state index in [-0.39, 0.29) is 18.8 Å². The Morgan fingerprint density at radius 1 is 0.671 bits per heavy atom. The minimum Gasteiger partial charge on any atom is -0.481 e. The summed E-state index contributed by atoms with van der Waals surface area (Å²) >= 11 is 0. The van der Waals surface area contributed by atoms with Gasteiger partial charge in [0, 0.05) is 42.8 Å². The van der Waals surface area contributed by atoms with E-state index in [1.54, 1.807) is 40.0 Å². The number of primary amides is 1. The first-order valence-corrected chi connectivity index (χ1v) is 23.5. The third kappa shape index (κ3) is 14.2. The van der Waals surface area contributed by atoms with E-state index in [0.29, 0.717) is 24.8 Å². The van der Waals surface area contributed by atoms with Gasteiger partial charge in [0.15, 0.2) is 0 Å². The zero-order valence-electron chi connectivity index (χ0n) is 40.0. The van der Waals surface area contributed by atoms with E-state index in [0.717, 1.165) is 33.2 Å². The predicted octanol–water partition coefficient (Wildman–Crippen LogP) is 2.49. The van der Waals surface area contributed by atoms with Gasteiger partial charge in [-0.15, -0.1) is 0 Å². The van der Waals surface area contributed by atoms with Gasteiger partial charge in [0.1, 0.15) is 36.3 Å². The third-order valence-electron chi connectivity index (χ3n) is 12.6. The van der Waals surface area contributed by atoms with E-state index in [1.165, 1.54) is 6.92 Å². The molecule has 5 rings (SSSR count). The number of carbonyl (C=O) groups is 9. The quantitative estimate of drug-likeness (QED) is 0.0487. The molecule has 374 valence electrons. The van der Waals surface area contributed by atoms with Crippen LogP contribution in [0.1, 0.15) is 100 Å². The number of carboxylic acid groups (broad SMARTS) is 2. The molecule has 19 heteroatoms. The number of nitrogens with two attached hydrogens (primary N) is 1. The van der Waals surface area contributed by atoms with Crippen LogP contribution in [0.3, 0.4) is 0 Å². The molecule has 0 saturated carbocycles. The number of hydrogen-bond acceptors (Lipinski definition) is 9. The number of aliphatic carboxylic acids is 2. The number of aromatic nitrogens is 1. The van der Waals surface area contributed by atoms with Crippen molar-refractivity contribution >= 4 is 64.2 Å². The Balaban J connectivity index is 1.36. The van der Waals surface area contributed by atoms with Gasteiger partial charge < -0.3 is 52.8 Å². The van der Waals surface area contributed by atoms with Crippen LogP contribution >= 0.6 is 0 Å². The summed E-state index contributed by atoms with van der Waals surface area (Å²) in [7, 11) is 0. The molecule has 0 spiro atoms. The van der Waals surface area contributed by atoms with Gasteiger partial charge in [0.05, 0.1) is 6.42 Å². The molecule has 11 N–H and O–H groups in total. The molecule has 1 aliphatic carbocycles. The van der Waals surface area contributed by atoms with Crippen LogP contribution in [0, 0.1) is 11.8 Å². The zero-order valence-corrected chi connectivity index (χ0v) is 40.0. The molecule has 0 fully saturated rings. The number of amides is 7. The van der Waals surface area contributed by atoms with Crippen LogP contribution in [0.2, 0.25) is 0 Å². The van der Waals surface area contributed by atoms with Crippen LogP contribution in [0.25, 0.3) is 10.9 Å². The minimum atomic E-state index is -1.83. The molecule has 0 aliphatic heterocycles. The summed E-state index contributed by atoms with van der Waals surface area (Å²) in [4.78, 5) is 123. The SMILES string of the molecule is CC[C@H](C)[C@H](NC(=O)[C@H](CCC(N)=O)NC(=O)[C@H](CC(=O)O)NC(=O)[C@H](CC(C)C)NC(=O)[C@H](NC(C)=O)C1c2ccccc2CCc2ccccc21)C(=O)N[C@@H](Cc1c[nH]c2ccccc12)C(=O)O. The third-order valence-corrected chi connectivity index (χ3v) is 12.6. The van der Waals surface area contributed by atoms with Crippen molar-refractivity contribution in [1.29, 1.82) is 0 Å². The second kappa shape index (κ2) is 24.6. The normalized spacial score (nSPS) is 15.2. The number of carbonyl (C=O) groups excluding carboxylic acids is 7. The van der Waals surface area contributed by atoms with E-state index in [2.05, 4.69) is 36.9 Å². The number of aryl methyl sites for hydroxylation is 2. The van der Waals surface area contributed by atoms with Gasteiger partial charge in [-0.25, -0.2) is 4.79 Å². The van der Waals surface area contributed by atoms with Crippen LogP contribution in [0.5, 0.6) is 0 Å². The number of hydrogen-bond donors (Lipinski definition) is 10. The van der Waals surface area contributed by atoms with Gasteiger partial charge in [-0.1, -0.05) is 101 Å². The number of nitrogens with one attached hydrogen (secondary N) is 7. The van der Waals surface area contributed by atoms with Crippen molar-refractivity contribution in [2.75, 3.05) is 0 Å². The molecule has 0 radical (unpaired) electrons. The van der Waals surface area contributed by atoms with Crippen molar-refractivity contribution in [1.82, 2.24) is 36.9 Å². The maximum Gasteiger partial charge on any atom is 0.326 e. The fourth-order valence-corrected chi connectivity index (χ4v) is 8.83. The lowest BCUT2D eigenvalue weighted by Crippen LogP contribution is -2.61. The van der Waals surface area contributed by atoms with Gasteiger partial charge in [0.2, 0.25) is 41.4 Å². The highest BCUT2D eigenvalue weighted by molar-refractivity contribution is 5.98. The van der Waals surface area contributed by atoms with Crippen molar-refractivity contribution in [2.45, 2.75) is 128 Å². The maximum atomic E-state index is 14.5. The molecule has 3 aromatic carbocycles. The van der Waals surface area contributed by atoms with Crippen molar-refractivity contribution in [2.24, 2.45) is 17.6 Å². The van der Waals surface area contributed by atoms with Gasteiger partial charge in [-0.3, -0.25) is 38.4 Å². The standard InChI is InChI=1S/C51H64N8O11/c1-6-28(4)44(49(67)58-40(51(69)70)24-32-26-53-36-18-12-11-15-33(32)36)59-46(64)37(21-22-41(52)61)55-48(66)39(25-42(62)63)56-47(65)38(23-27(2)3)57-50(68)45(54-29(5)60)43-34-16-9-7-13-30(34)19-20-31-14-8-10-17-35(31)43/h7-18,26-28,37-40,43-45,53H,6,19-25H2,1-5H3,(H2,52,61)(H,54,60)(H,55,66)(H,56,65)(H,57,68)(H,58,67)(H,59,64)(H,62,63)(H,69,70)/t28-,37-,38-,39-,40-,44-,45+/m0/s1. The topological polar surface area (TPSA) is 308 Å². The Morgan fingerprint density at radius 2 is 1.21 bits per heavy atom. The molecule has 0 unspecified atom stereocenters. The highest BCUT2D eigenvalue weighted by Crippen LogP contribution is 2.37. The molecular weight excluding hydrogens is 901 g/mol. The van der Waals surface area contributed by atoms with E-state index in [9.17, 15) is 53.4 Å². The van der Waals surface area contributed by atoms with Crippen molar-refractivity contribution in [3.8, 4) is 0 Å². The maximum absolute atomic E-state index is 14.5. The van der Waals surface area contributed by atoms with Crippen LogP contribution in [0.4, 0.5) is 0 Å². The van der Waals surface area contributed by atoms with Crippen LogP contribution < -0.4 is 37.6 Å². The number of fused-ring (bicyclic) bond motifs is 3. The number of para-hydroxylation sites is 1. The number of carboxylic acids is 2. The first-order chi connectivity index (χ1) is 33.3. The summed E-state index contributed by atoms with van der Waals surface area (Å²) in [6, 6.07) is 13.7. The van der Waals surface area contributed by atoms with E-state index in [4.69, 9.17) is 5.73 Å². The number of rotatable bonds is 24. The summed E-state index contributed by atoms with van der Waals surface area (Å²) in [5.41, 5.74) is 10.4. The first-order valence-electron chi connectivity index (χ1n) is 23.5. The Hall–Kier alpha value is -7.57. The molecular formula is C51H64N8O11.